The fourth-order valence-electron chi connectivity index (χ4n) is 3.80. The van der Waals surface area contributed by atoms with Crippen LogP contribution >= 0.6 is 12.4 Å². The van der Waals surface area contributed by atoms with Crippen molar-refractivity contribution in [3.05, 3.63) is 95.1 Å². The fraction of sp³-hybridized carbons (Fsp3) is 0.240. The third-order valence-corrected chi connectivity index (χ3v) is 5.47. The summed E-state index contributed by atoms with van der Waals surface area (Å²) in [6, 6.07) is 24.8. The number of nitrogens with one attached hydrogen (secondary N) is 2. The zero-order valence-electron chi connectivity index (χ0n) is 16.7. The molecule has 0 aliphatic carbocycles. The lowest BCUT2D eigenvalue weighted by atomic mass is 9.93. The number of carbonyl (C=O) groups excluding carboxylic acids is 1. The number of rotatable bonds is 4. The largest absolute Gasteiger partial charge is 0.348 e. The molecule has 3 aromatic rings. The summed E-state index contributed by atoms with van der Waals surface area (Å²) in [5.41, 5.74) is 6.87. The van der Waals surface area contributed by atoms with E-state index in [-0.39, 0.29) is 18.3 Å². The molecule has 150 valence electrons. The van der Waals surface area contributed by atoms with Crippen molar-refractivity contribution < 1.29 is 4.79 Å². The zero-order valence-corrected chi connectivity index (χ0v) is 17.5. The topological polar surface area (TPSA) is 41.1 Å². The van der Waals surface area contributed by atoms with Crippen LogP contribution in [0.3, 0.4) is 0 Å². The van der Waals surface area contributed by atoms with Crippen LogP contribution in [0.1, 0.15) is 39.9 Å². The van der Waals surface area contributed by atoms with E-state index in [1.54, 1.807) is 0 Å². The summed E-state index contributed by atoms with van der Waals surface area (Å²) in [7, 11) is 0. The summed E-state index contributed by atoms with van der Waals surface area (Å²) < 4.78 is 0. The smallest absolute Gasteiger partial charge is 0.251 e. The highest BCUT2D eigenvalue weighted by Crippen LogP contribution is 2.24. The van der Waals surface area contributed by atoms with Crippen molar-refractivity contribution in [1.29, 1.82) is 0 Å². The van der Waals surface area contributed by atoms with Gasteiger partial charge >= 0.3 is 0 Å². The molecule has 0 aromatic heterocycles. The van der Waals surface area contributed by atoms with Gasteiger partial charge in [0, 0.05) is 18.7 Å². The summed E-state index contributed by atoms with van der Waals surface area (Å²) in [5, 5.41) is 6.51. The second-order valence-corrected chi connectivity index (χ2v) is 7.51. The second kappa shape index (κ2) is 9.73. The molecule has 0 saturated heterocycles. The molecular formula is C25H27ClN2O. The monoisotopic (exact) mass is 406 g/mol. The first kappa shape index (κ1) is 21.1. The second-order valence-electron chi connectivity index (χ2n) is 7.51. The van der Waals surface area contributed by atoms with Gasteiger partial charge in [0.15, 0.2) is 0 Å². The Bertz CT molecular complexity index is 954. The lowest BCUT2D eigenvalue weighted by Gasteiger charge is -2.14. The Labute approximate surface area is 179 Å². The van der Waals surface area contributed by atoms with Crippen molar-refractivity contribution in [2.45, 2.75) is 25.8 Å². The molecule has 4 heteroatoms. The van der Waals surface area contributed by atoms with Crippen LogP contribution in [0.15, 0.2) is 72.8 Å². The van der Waals surface area contributed by atoms with Crippen LogP contribution in [0.5, 0.6) is 0 Å². The molecule has 0 unspecified atom stereocenters. The van der Waals surface area contributed by atoms with E-state index >= 15 is 0 Å². The molecule has 1 heterocycles. The Morgan fingerprint density at radius 2 is 1.72 bits per heavy atom. The number of hydrogen-bond donors (Lipinski definition) is 2. The third-order valence-electron chi connectivity index (χ3n) is 5.47. The van der Waals surface area contributed by atoms with Crippen molar-refractivity contribution in [2.24, 2.45) is 0 Å². The molecule has 0 radical (unpaired) electrons. The Balaban J connectivity index is 0.00000240. The number of carbonyl (C=O) groups is 1. The van der Waals surface area contributed by atoms with Gasteiger partial charge in [0.05, 0.1) is 0 Å². The van der Waals surface area contributed by atoms with Crippen LogP contribution in [-0.2, 0) is 13.0 Å². The van der Waals surface area contributed by atoms with Crippen LogP contribution < -0.4 is 10.6 Å². The van der Waals surface area contributed by atoms with Gasteiger partial charge in [0.1, 0.15) is 0 Å². The average Bonchev–Trinajstić information content (AvgIpc) is 2.94. The molecule has 1 aliphatic heterocycles. The lowest BCUT2D eigenvalue weighted by molar-refractivity contribution is 0.0951. The van der Waals surface area contributed by atoms with E-state index in [1.165, 1.54) is 22.3 Å². The molecule has 4 rings (SSSR count). The average molecular weight is 407 g/mol. The predicted octanol–water partition coefficient (Wildman–Crippen LogP) is 4.95. The van der Waals surface area contributed by atoms with Crippen LogP contribution in [-0.4, -0.2) is 19.0 Å². The third kappa shape index (κ3) is 5.06. The van der Waals surface area contributed by atoms with Crippen LogP contribution in [0.2, 0.25) is 0 Å². The maximum atomic E-state index is 12.7. The molecule has 1 amide bonds. The van der Waals surface area contributed by atoms with Crippen molar-refractivity contribution in [2.75, 3.05) is 13.1 Å². The van der Waals surface area contributed by atoms with E-state index < -0.39 is 0 Å². The summed E-state index contributed by atoms with van der Waals surface area (Å²) in [6.07, 6.45) is 1.02. The van der Waals surface area contributed by atoms with Crippen molar-refractivity contribution >= 4 is 18.3 Å². The van der Waals surface area contributed by atoms with Gasteiger partial charge in [-0.3, -0.25) is 4.79 Å². The summed E-state index contributed by atoms with van der Waals surface area (Å²) in [5.74, 6) is 0.412. The van der Waals surface area contributed by atoms with Crippen LogP contribution in [0.4, 0.5) is 0 Å². The normalized spacial score (nSPS) is 15.6. The maximum Gasteiger partial charge on any atom is 0.251 e. The summed E-state index contributed by atoms with van der Waals surface area (Å²) in [4.78, 5) is 12.7. The Kier molecular flexibility index (Phi) is 7.08. The maximum absolute atomic E-state index is 12.7. The molecule has 3 aromatic carbocycles. The number of hydrogen-bond acceptors (Lipinski definition) is 2. The van der Waals surface area contributed by atoms with Gasteiger partial charge in [-0.05, 0) is 58.8 Å². The highest BCUT2D eigenvalue weighted by Gasteiger charge is 2.16. The van der Waals surface area contributed by atoms with E-state index in [4.69, 9.17) is 0 Å². The van der Waals surface area contributed by atoms with Crippen LogP contribution in [0.25, 0.3) is 11.1 Å². The first-order chi connectivity index (χ1) is 13.7. The highest BCUT2D eigenvalue weighted by atomic mass is 35.5. The lowest BCUT2D eigenvalue weighted by Crippen LogP contribution is -2.23. The number of benzene rings is 3. The SMILES string of the molecule is C[C@@H]1CNCCc2ccc(C(=O)NCc3ccc(-c4ccccc4)cc3)cc21.Cl. The Morgan fingerprint density at radius 1 is 1.00 bits per heavy atom. The van der Waals surface area contributed by atoms with Crippen LogP contribution in [0, 0.1) is 0 Å². The van der Waals surface area contributed by atoms with Gasteiger partial charge < -0.3 is 10.6 Å². The number of fused-ring (bicyclic) bond motifs is 1. The molecule has 0 fully saturated rings. The molecule has 2 N–H and O–H groups in total. The minimum Gasteiger partial charge on any atom is -0.348 e. The van der Waals surface area contributed by atoms with E-state index in [9.17, 15) is 4.79 Å². The van der Waals surface area contributed by atoms with E-state index in [0.29, 0.717) is 12.5 Å². The minimum atomic E-state index is -0.0145. The highest BCUT2D eigenvalue weighted by molar-refractivity contribution is 5.94. The zero-order chi connectivity index (χ0) is 19.3. The summed E-state index contributed by atoms with van der Waals surface area (Å²) in [6.45, 7) is 4.71. The molecule has 0 bridgehead atoms. The van der Waals surface area contributed by atoms with Gasteiger partial charge in [0.2, 0.25) is 0 Å². The van der Waals surface area contributed by atoms with Crippen molar-refractivity contribution in [1.82, 2.24) is 10.6 Å². The minimum absolute atomic E-state index is 0. The first-order valence-electron chi connectivity index (χ1n) is 9.97. The van der Waals surface area contributed by atoms with E-state index in [0.717, 1.165) is 30.6 Å². The fourth-order valence-corrected chi connectivity index (χ4v) is 3.80. The predicted molar refractivity (Wildman–Crippen MR) is 122 cm³/mol. The van der Waals surface area contributed by atoms with Crippen molar-refractivity contribution in [3.63, 3.8) is 0 Å². The molecule has 3 nitrogen and oxygen atoms in total. The standard InChI is InChI=1S/C25H26N2O.ClH/c1-18-16-26-14-13-22-11-12-23(15-24(18)22)25(28)27-17-19-7-9-21(10-8-19)20-5-3-2-4-6-20;/h2-12,15,18,26H,13-14,16-17H2,1H3,(H,27,28);1H/t18-;/m1./s1. The quantitative estimate of drug-likeness (QED) is 0.643. The van der Waals surface area contributed by atoms with Gasteiger partial charge in [-0.15, -0.1) is 12.4 Å². The molecule has 1 aliphatic rings. The first-order valence-corrected chi connectivity index (χ1v) is 9.97. The van der Waals surface area contributed by atoms with E-state index in [1.807, 2.05) is 24.3 Å². The molecular weight excluding hydrogens is 380 g/mol. The van der Waals surface area contributed by atoms with Gasteiger partial charge in [-0.25, -0.2) is 0 Å². The van der Waals surface area contributed by atoms with Gasteiger partial charge in [0.25, 0.3) is 5.91 Å². The summed E-state index contributed by atoms with van der Waals surface area (Å²) >= 11 is 0. The van der Waals surface area contributed by atoms with Gasteiger partial charge in [-0.2, -0.15) is 0 Å². The van der Waals surface area contributed by atoms with Crippen molar-refractivity contribution in [3.8, 4) is 11.1 Å². The van der Waals surface area contributed by atoms with Gasteiger partial charge in [-0.1, -0.05) is 67.6 Å². The molecule has 29 heavy (non-hydrogen) atoms. The Hall–Kier alpha value is -2.62. The Morgan fingerprint density at radius 3 is 2.48 bits per heavy atom. The number of amides is 1. The van der Waals surface area contributed by atoms with E-state index in [2.05, 4.69) is 66.1 Å². The molecule has 0 saturated carbocycles. The number of halogens is 1. The molecule has 0 spiro atoms. The molecule has 1 atom stereocenters.